The van der Waals surface area contributed by atoms with Gasteiger partial charge in [-0.1, -0.05) is 72.8 Å². The molecule has 0 saturated heterocycles. The van der Waals surface area contributed by atoms with Gasteiger partial charge in [0.2, 0.25) is 0 Å². The third-order valence-corrected chi connectivity index (χ3v) is 7.31. The molecule has 0 aliphatic heterocycles. The Balaban J connectivity index is 1.46. The average Bonchev–Trinajstić information content (AvgIpc) is 3.76. The number of hydroxylamine groups is 2. The van der Waals surface area contributed by atoms with E-state index in [4.69, 9.17) is 21.0 Å². The van der Waals surface area contributed by atoms with Gasteiger partial charge in [-0.05, 0) is 59.0 Å². The van der Waals surface area contributed by atoms with Crippen LogP contribution in [-0.4, -0.2) is 45.5 Å². The van der Waals surface area contributed by atoms with Crippen LogP contribution in [0.2, 0.25) is 5.02 Å². The first-order chi connectivity index (χ1) is 21.8. The molecule has 0 fully saturated rings. The summed E-state index contributed by atoms with van der Waals surface area (Å²) >= 11 is 6.40. The van der Waals surface area contributed by atoms with Crippen molar-refractivity contribution in [2.45, 2.75) is 12.3 Å². The number of rotatable bonds is 11. The molecule has 0 aliphatic rings. The minimum absolute atomic E-state index is 0.195. The lowest BCUT2D eigenvalue weighted by atomic mass is 9.90. The summed E-state index contributed by atoms with van der Waals surface area (Å²) in [7, 11) is 2.85. The van der Waals surface area contributed by atoms with Crippen LogP contribution in [0.15, 0.2) is 127 Å². The van der Waals surface area contributed by atoms with Crippen molar-refractivity contribution in [3.05, 3.63) is 144 Å². The van der Waals surface area contributed by atoms with Gasteiger partial charge in [-0.25, -0.2) is 14.8 Å². The number of carbonyl (C=O) groups excluding carboxylic acids is 1. The Hall–Kier alpha value is -5.38. The largest absolute Gasteiger partial charge is 0.453 e. The Bertz CT molecular complexity index is 1810. The molecule has 2 heterocycles. The van der Waals surface area contributed by atoms with E-state index < -0.39 is 6.09 Å². The summed E-state index contributed by atoms with van der Waals surface area (Å²) < 4.78 is 10.2. The fraction of sp³-hybridized carbons (Fsp3) is 0.114. The lowest BCUT2D eigenvalue weighted by Crippen LogP contribution is -2.10. The summed E-state index contributed by atoms with van der Waals surface area (Å²) in [6.07, 6.45) is 10.3. The maximum absolute atomic E-state index is 11.5. The molecule has 0 radical (unpaired) electrons. The van der Waals surface area contributed by atoms with Crippen LogP contribution in [-0.2, 0) is 11.2 Å². The first-order valence-corrected chi connectivity index (χ1v) is 14.4. The van der Waals surface area contributed by atoms with E-state index in [0.717, 1.165) is 44.4 Å². The maximum Gasteiger partial charge on any atom is 0.411 e. The zero-order valence-electron chi connectivity index (χ0n) is 24.8. The topological polar surface area (TPSA) is 117 Å². The van der Waals surface area contributed by atoms with Crippen molar-refractivity contribution < 1.29 is 19.2 Å². The molecule has 0 bridgehead atoms. The first kappa shape index (κ1) is 31.1. The van der Waals surface area contributed by atoms with Gasteiger partial charge in [0.05, 0.1) is 25.2 Å². The van der Waals surface area contributed by atoms with E-state index in [1.54, 1.807) is 36.8 Å². The number of imidazole rings is 1. The number of benzene rings is 3. The zero-order valence-corrected chi connectivity index (χ0v) is 25.5. The Morgan fingerprint density at radius 1 is 1.13 bits per heavy atom. The van der Waals surface area contributed by atoms with Crippen molar-refractivity contribution in [2.75, 3.05) is 19.5 Å². The highest BCUT2D eigenvalue weighted by atomic mass is 35.5. The smallest absolute Gasteiger partial charge is 0.411 e. The van der Waals surface area contributed by atoms with Gasteiger partial charge in [0, 0.05) is 41.0 Å². The van der Waals surface area contributed by atoms with Crippen LogP contribution in [0, 0.1) is 0 Å². The highest BCUT2D eigenvalue weighted by Gasteiger charge is 2.20. The lowest BCUT2D eigenvalue weighted by Gasteiger charge is -2.17. The van der Waals surface area contributed by atoms with Crippen molar-refractivity contribution in [3.8, 4) is 22.6 Å². The predicted molar refractivity (Wildman–Crippen MR) is 176 cm³/mol. The highest BCUT2D eigenvalue weighted by molar-refractivity contribution is 6.31. The molecule has 9 nitrogen and oxygen atoms in total. The van der Waals surface area contributed by atoms with E-state index in [-0.39, 0.29) is 5.92 Å². The maximum atomic E-state index is 11.5. The molecule has 0 saturated carbocycles. The lowest BCUT2D eigenvalue weighted by molar-refractivity contribution is -0.0121. The minimum atomic E-state index is -0.532. The number of aromatic amines is 1. The van der Waals surface area contributed by atoms with Gasteiger partial charge in [0.15, 0.2) is 12.2 Å². The number of aromatic nitrogens is 3. The fourth-order valence-corrected chi connectivity index (χ4v) is 5.02. The van der Waals surface area contributed by atoms with E-state index in [0.29, 0.717) is 28.5 Å². The number of hydrogen-bond donors (Lipinski definition) is 3. The van der Waals surface area contributed by atoms with Crippen LogP contribution in [0.3, 0.4) is 0 Å². The molecule has 45 heavy (non-hydrogen) atoms. The molecule has 10 heteroatoms. The number of ether oxygens (including phenoxy) is 1. The van der Waals surface area contributed by atoms with Crippen molar-refractivity contribution in [1.29, 1.82) is 0 Å². The predicted octanol–water partition coefficient (Wildman–Crippen LogP) is 8.36. The van der Waals surface area contributed by atoms with Crippen LogP contribution < -0.4 is 5.32 Å². The van der Waals surface area contributed by atoms with Crippen molar-refractivity contribution in [2.24, 2.45) is 0 Å². The van der Waals surface area contributed by atoms with Gasteiger partial charge in [0.25, 0.3) is 0 Å². The monoisotopic (exact) mass is 621 g/mol. The van der Waals surface area contributed by atoms with E-state index in [2.05, 4.69) is 38.7 Å². The minimum Gasteiger partial charge on any atom is -0.453 e. The molecule has 3 aromatic carbocycles. The van der Waals surface area contributed by atoms with Crippen LogP contribution in [0.5, 0.6) is 0 Å². The fourth-order valence-electron chi connectivity index (χ4n) is 4.85. The molecule has 2 aromatic heterocycles. The van der Waals surface area contributed by atoms with Gasteiger partial charge in [-0.2, -0.15) is 0 Å². The van der Waals surface area contributed by atoms with Gasteiger partial charge in [-0.15, -0.1) is 0 Å². The van der Waals surface area contributed by atoms with Gasteiger partial charge < -0.3 is 14.1 Å². The van der Waals surface area contributed by atoms with Crippen molar-refractivity contribution in [3.63, 3.8) is 0 Å². The molecule has 5 aromatic rings. The second-order valence-electron chi connectivity index (χ2n) is 10.2. The number of nitrogens with one attached hydrogen (secondary N) is 2. The van der Waals surface area contributed by atoms with Gasteiger partial charge in [-0.3, -0.25) is 15.6 Å². The SMILES string of the molecule is C=C(/C=C\C(=C/N(C)O)c1cc(Cl)ccc1-c1cnco1)[C@@H](Cc1ccccc1)c1ncc(-c2ccc(NC(=O)OC)cc2)[nH]1. The first-order valence-electron chi connectivity index (χ1n) is 14.0. The summed E-state index contributed by atoms with van der Waals surface area (Å²) in [5.41, 5.74) is 6.46. The number of hydrogen-bond acceptors (Lipinski definition) is 7. The van der Waals surface area contributed by atoms with Crippen molar-refractivity contribution in [1.82, 2.24) is 20.0 Å². The van der Waals surface area contributed by atoms with Crippen molar-refractivity contribution >= 4 is 29.0 Å². The third-order valence-electron chi connectivity index (χ3n) is 7.08. The number of oxazole rings is 1. The molecule has 0 unspecified atom stereocenters. The standard InChI is InChI=1S/C35H32ClN5O4/c1-23(9-10-26(21-41(2)43)31-18-27(36)13-16-29(31)33-20-37-22-45-33)30(17-24-7-5-4-6-8-24)34-38-19-32(40-34)25-11-14-28(15-12-25)39-35(42)44-3/h4-16,18-22,30,43H,1,17H2,2-3H3,(H,38,40)(H,39,42)/b10-9-,26-21+/t30-/m1/s1. The number of anilines is 1. The van der Waals surface area contributed by atoms with Gasteiger partial charge >= 0.3 is 6.09 Å². The quantitative estimate of drug-likeness (QED) is 0.100. The molecular formula is C35H32ClN5O4. The van der Waals surface area contributed by atoms with E-state index in [1.165, 1.54) is 20.6 Å². The average molecular weight is 622 g/mol. The number of carbonyl (C=O) groups is 1. The Morgan fingerprint density at radius 2 is 1.91 bits per heavy atom. The molecule has 1 atom stereocenters. The van der Waals surface area contributed by atoms with E-state index in [9.17, 15) is 10.0 Å². The zero-order chi connectivity index (χ0) is 31.8. The molecular weight excluding hydrogens is 590 g/mol. The number of methoxy groups -OCH3 is 1. The Kier molecular flexibility index (Phi) is 9.93. The van der Waals surface area contributed by atoms with E-state index in [1.807, 2.05) is 54.6 Å². The summed E-state index contributed by atoms with van der Waals surface area (Å²) in [6.45, 7) is 4.43. The Labute approximate surface area is 266 Å². The molecule has 0 spiro atoms. The second-order valence-corrected chi connectivity index (χ2v) is 10.7. The number of nitrogens with zero attached hydrogens (tertiary/aromatic N) is 3. The summed E-state index contributed by atoms with van der Waals surface area (Å²) in [4.78, 5) is 23.8. The normalized spacial score (nSPS) is 12.2. The summed E-state index contributed by atoms with van der Waals surface area (Å²) in [5.74, 6) is 1.12. The second kappa shape index (κ2) is 14.4. The van der Waals surface area contributed by atoms with Crippen LogP contribution in [0.4, 0.5) is 10.5 Å². The number of H-pyrrole nitrogens is 1. The Morgan fingerprint density at radius 3 is 2.60 bits per heavy atom. The third kappa shape index (κ3) is 7.97. The van der Waals surface area contributed by atoms with Crippen LogP contribution in [0.25, 0.3) is 28.2 Å². The molecule has 228 valence electrons. The summed E-state index contributed by atoms with van der Waals surface area (Å²) in [6, 6.07) is 23.0. The molecule has 0 aliphatic carbocycles. The van der Waals surface area contributed by atoms with Gasteiger partial charge in [0.1, 0.15) is 5.82 Å². The van der Waals surface area contributed by atoms with E-state index >= 15 is 0 Å². The molecule has 5 rings (SSSR count). The van der Waals surface area contributed by atoms with Crippen LogP contribution in [0.1, 0.15) is 22.9 Å². The van der Waals surface area contributed by atoms with Crippen LogP contribution >= 0.6 is 11.6 Å². The summed E-state index contributed by atoms with van der Waals surface area (Å²) in [5, 5.41) is 14.4. The molecule has 3 N–H and O–H groups in total. The number of allylic oxidation sites excluding steroid dienone is 4. The highest BCUT2D eigenvalue weighted by Crippen LogP contribution is 2.34. The number of halogens is 1. The molecule has 1 amide bonds. The number of amides is 1.